The third-order valence-corrected chi connectivity index (χ3v) is 1.10. The third-order valence-electron chi connectivity index (χ3n) is 1.10. The summed E-state index contributed by atoms with van der Waals surface area (Å²) in [6.07, 6.45) is -2.27. The van der Waals surface area contributed by atoms with E-state index in [9.17, 15) is 13.2 Å². The van der Waals surface area contributed by atoms with Crippen LogP contribution < -0.4 is 11.3 Å². The summed E-state index contributed by atoms with van der Waals surface area (Å²) < 4.78 is 35.5. The van der Waals surface area contributed by atoms with Crippen LogP contribution in [0.2, 0.25) is 0 Å². The Hall–Kier alpha value is -0.710. The molecule has 66 valence electrons. The van der Waals surface area contributed by atoms with Gasteiger partial charge in [-0.2, -0.15) is 13.2 Å². The van der Waals surface area contributed by atoms with E-state index in [1.807, 2.05) is 0 Å². The molecule has 0 aromatic rings. The first-order valence-electron chi connectivity index (χ1n) is 3.26. The van der Waals surface area contributed by atoms with Crippen molar-refractivity contribution >= 4 is 0 Å². The van der Waals surface area contributed by atoms with Crippen molar-refractivity contribution < 1.29 is 13.2 Å². The van der Waals surface area contributed by atoms with Gasteiger partial charge in [0, 0.05) is 0 Å². The Kier molecular flexibility index (Phi) is 3.95. The summed E-state index contributed by atoms with van der Waals surface area (Å²) in [5.41, 5.74) is 0.737. The van der Waals surface area contributed by atoms with Crippen LogP contribution in [0.15, 0.2) is 11.8 Å². The number of halogens is 3. The molecule has 0 unspecified atom stereocenters. The lowest BCUT2D eigenvalue weighted by molar-refractivity contribution is -0.0970. The van der Waals surface area contributed by atoms with Crippen molar-refractivity contribution in [3.8, 4) is 0 Å². The molecule has 0 amide bonds. The van der Waals surface area contributed by atoms with Crippen LogP contribution in [0.4, 0.5) is 13.2 Å². The molecule has 5 heteroatoms. The van der Waals surface area contributed by atoms with Crippen LogP contribution in [-0.2, 0) is 0 Å². The van der Waals surface area contributed by atoms with Crippen LogP contribution in [0, 0.1) is 0 Å². The van der Waals surface area contributed by atoms with Gasteiger partial charge < -0.3 is 5.43 Å². The molecule has 0 spiro atoms. The fraction of sp³-hybridized carbons (Fsp3) is 0.667. The minimum atomic E-state index is -4.36. The van der Waals surface area contributed by atoms with Crippen molar-refractivity contribution in [2.45, 2.75) is 25.9 Å². The van der Waals surface area contributed by atoms with Crippen LogP contribution in [0.1, 0.15) is 19.8 Å². The number of hydrogen-bond donors (Lipinski definition) is 2. The SMILES string of the molecule is CCC/C=C(/NN)C(F)(F)F. The number of hydrazine groups is 1. The van der Waals surface area contributed by atoms with E-state index in [4.69, 9.17) is 0 Å². The van der Waals surface area contributed by atoms with Gasteiger partial charge in [-0.1, -0.05) is 19.4 Å². The molecule has 2 nitrogen and oxygen atoms in total. The van der Waals surface area contributed by atoms with Crippen LogP contribution in [0.5, 0.6) is 0 Å². The predicted octanol–water partition coefficient (Wildman–Crippen LogP) is 1.70. The fourth-order valence-corrected chi connectivity index (χ4v) is 0.545. The Morgan fingerprint density at radius 3 is 2.36 bits per heavy atom. The molecule has 0 aliphatic rings. The molecule has 0 aromatic carbocycles. The maximum absolute atomic E-state index is 11.8. The Morgan fingerprint density at radius 2 is 2.09 bits per heavy atom. The molecule has 0 aromatic heterocycles. The number of unbranched alkanes of at least 4 members (excludes halogenated alkanes) is 1. The normalized spacial score (nSPS) is 13.4. The molecular formula is C6H11F3N2. The number of rotatable bonds is 3. The Bertz CT molecular complexity index is 139. The van der Waals surface area contributed by atoms with E-state index in [0.717, 1.165) is 6.08 Å². The highest BCUT2D eigenvalue weighted by atomic mass is 19.4. The molecule has 0 atom stereocenters. The Balaban J connectivity index is 4.16. The number of alkyl halides is 3. The third kappa shape index (κ3) is 3.87. The van der Waals surface area contributed by atoms with E-state index >= 15 is 0 Å². The predicted molar refractivity (Wildman–Crippen MR) is 36.4 cm³/mol. The first-order valence-corrected chi connectivity index (χ1v) is 3.26. The highest BCUT2D eigenvalue weighted by Gasteiger charge is 2.32. The summed E-state index contributed by atoms with van der Waals surface area (Å²) in [5.74, 6) is 4.66. The molecule has 0 heterocycles. The highest BCUT2D eigenvalue weighted by Crippen LogP contribution is 2.22. The Morgan fingerprint density at radius 1 is 1.55 bits per heavy atom. The summed E-state index contributed by atoms with van der Waals surface area (Å²) in [7, 11) is 0. The van der Waals surface area contributed by atoms with Crippen molar-refractivity contribution in [3.63, 3.8) is 0 Å². The zero-order valence-corrected chi connectivity index (χ0v) is 6.20. The molecule has 0 radical (unpaired) electrons. The van der Waals surface area contributed by atoms with Gasteiger partial charge in [-0.15, -0.1) is 0 Å². The van der Waals surface area contributed by atoms with Crippen LogP contribution in [0.3, 0.4) is 0 Å². The van der Waals surface area contributed by atoms with Gasteiger partial charge in [0.2, 0.25) is 0 Å². The number of hydrogen-bond acceptors (Lipinski definition) is 2. The lowest BCUT2D eigenvalue weighted by atomic mass is 10.3. The second-order valence-corrected chi connectivity index (χ2v) is 2.05. The molecule has 0 aliphatic carbocycles. The van der Waals surface area contributed by atoms with Gasteiger partial charge >= 0.3 is 6.18 Å². The summed E-state index contributed by atoms with van der Waals surface area (Å²) in [5, 5.41) is 0. The standard InChI is InChI=1S/C6H11F3N2/c1-2-3-4-5(11-10)6(7,8)9/h4,11H,2-3,10H2,1H3/b5-4+. The Labute approximate surface area is 63.2 Å². The zero-order valence-electron chi connectivity index (χ0n) is 6.20. The van der Waals surface area contributed by atoms with E-state index in [2.05, 4.69) is 5.84 Å². The summed E-state index contributed by atoms with van der Waals surface area (Å²) in [6, 6.07) is 0. The number of nitrogens with one attached hydrogen (secondary N) is 1. The van der Waals surface area contributed by atoms with Crippen molar-refractivity contribution in [2.24, 2.45) is 5.84 Å². The van der Waals surface area contributed by atoms with E-state index in [1.54, 1.807) is 12.3 Å². The lowest BCUT2D eigenvalue weighted by Crippen LogP contribution is -2.31. The minimum Gasteiger partial charge on any atom is -0.320 e. The van der Waals surface area contributed by atoms with Gasteiger partial charge in [-0.05, 0) is 6.42 Å². The number of allylic oxidation sites excluding steroid dienone is 2. The molecule has 0 saturated heterocycles. The zero-order chi connectivity index (χ0) is 8.91. The summed E-state index contributed by atoms with van der Waals surface area (Å²) in [4.78, 5) is 0. The topological polar surface area (TPSA) is 38.0 Å². The second kappa shape index (κ2) is 4.23. The van der Waals surface area contributed by atoms with Crippen molar-refractivity contribution in [3.05, 3.63) is 11.8 Å². The second-order valence-electron chi connectivity index (χ2n) is 2.05. The van der Waals surface area contributed by atoms with Crippen molar-refractivity contribution in [1.82, 2.24) is 5.43 Å². The molecule has 0 fully saturated rings. The first-order chi connectivity index (χ1) is 5.02. The van der Waals surface area contributed by atoms with Gasteiger partial charge in [0.05, 0.1) is 0 Å². The van der Waals surface area contributed by atoms with Gasteiger partial charge in [-0.25, -0.2) is 0 Å². The molecule has 11 heavy (non-hydrogen) atoms. The first kappa shape index (κ1) is 10.3. The monoisotopic (exact) mass is 168 g/mol. The van der Waals surface area contributed by atoms with Gasteiger partial charge in [0.25, 0.3) is 0 Å². The van der Waals surface area contributed by atoms with E-state index in [-0.39, 0.29) is 0 Å². The maximum Gasteiger partial charge on any atom is 0.431 e. The van der Waals surface area contributed by atoms with E-state index in [1.165, 1.54) is 0 Å². The van der Waals surface area contributed by atoms with Crippen molar-refractivity contribution in [1.29, 1.82) is 0 Å². The lowest BCUT2D eigenvalue weighted by Gasteiger charge is -2.09. The van der Waals surface area contributed by atoms with Crippen LogP contribution in [-0.4, -0.2) is 6.18 Å². The summed E-state index contributed by atoms with van der Waals surface area (Å²) >= 11 is 0. The largest absolute Gasteiger partial charge is 0.431 e. The average molecular weight is 168 g/mol. The highest BCUT2D eigenvalue weighted by molar-refractivity contribution is 5.04. The van der Waals surface area contributed by atoms with E-state index in [0.29, 0.717) is 12.8 Å². The molecule has 0 bridgehead atoms. The van der Waals surface area contributed by atoms with E-state index < -0.39 is 11.9 Å². The van der Waals surface area contributed by atoms with Gasteiger partial charge in [0.1, 0.15) is 5.70 Å². The van der Waals surface area contributed by atoms with Crippen LogP contribution in [0.25, 0.3) is 0 Å². The quantitative estimate of drug-likeness (QED) is 0.497. The average Bonchev–Trinajstić information content (AvgIpc) is 1.87. The molecule has 0 saturated carbocycles. The van der Waals surface area contributed by atoms with Gasteiger partial charge in [0.15, 0.2) is 0 Å². The molecule has 0 rings (SSSR count). The smallest absolute Gasteiger partial charge is 0.320 e. The van der Waals surface area contributed by atoms with Crippen molar-refractivity contribution in [2.75, 3.05) is 0 Å². The molecule has 0 aliphatic heterocycles. The van der Waals surface area contributed by atoms with Crippen LogP contribution >= 0.6 is 0 Å². The van der Waals surface area contributed by atoms with Gasteiger partial charge in [-0.3, -0.25) is 5.84 Å². The maximum atomic E-state index is 11.8. The fourth-order valence-electron chi connectivity index (χ4n) is 0.545. The molecular weight excluding hydrogens is 157 g/mol. The molecule has 3 N–H and O–H groups in total. The minimum absolute atomic E-state index is 0.374. The summed E-state index contributed by atoms with van der Waals surface area (Å²) in [6.45, 7) is 1.79. The number of nitrogens with two attached hydrogens (primary N) is 1.